The average molecular weight is 316 g/mol. The van der Waals surface area contributed by atoms with E-state index in [4.69, 9.17) is 34.8 Å². The van der Waals surface area contributed by atoms with E-state index in [1.165, 1.54) is 11.3 Å². The molecule has 0 fully saturated rings. The van der Waals surface area contributed by atoms with E-state index in [2.05, 4.69) is 9.97 Å². The van der Waals surface area contributed by atoms with Gasteiger partial charge in [-0.15, -0.1) is 11.3 Å². The Hall–Kier alpha value is -0.870. The molecule has 0 unspecified atom stereocenters. The first-order valence-corrected chi connectivity index (χ1v) is 6.97. The maximum atomic E-state index is 6.15. The number of fused-ring (bicyclic) bond motifs is 1. The van der Waals surface area contributed by atoms with Crippen LogP contribution in [0.2, 0.25) is 14.5 Å². The van der Waals surface area contributed by atoms with E-state index < -0.39 is 0 Å². The van der Waals surface area contributed by atoms with Gasteiger partial charge in [-0.3, -0.25) is 0 Å². The number of nitrogens with zero attached hydrogens (tertiary/aromatic N) is 2. The van der Waals surface area contributed by atoms with Crippen LogP contribution in [-0.2, 0) is 0 Å². The molecule has 3 aromatic rings. The summed E-state index contributed by atoms with van der Waals surface area (Å²) in [5, 5.41) is 1.69. The second-order valence-electron chi connectivity index (χ2n) is 3.58. The van der Waals surface area contributed by atoms with Crippen LogP contribution >= 0.6 is 46.1 Å². The summed E-state index contributed by atoms with van der Waals surface area (Å²) in [7, 11) is 0. The van der Waals surface area contributed by atoms with E-state index in [0.717, 1.165) is 10.3 Å². The van der Waals surface area contributed by atoms with E-state index in [0.29, 0.717) is 25.9 Å². The summed E-state index contributed by atoms with van der Waals surface area (Å²) in [5.41, 5.74) is 0.652. The predicted molar refractivity (Wildman–Crippen MR) is 77.9 cm³/mol. The number of halogens is 3. The number of hydrogen-bond donors (Lipinski definition) is 0. The molecule has 18 heavy (non-hydrogen) atoms. The Morgan fingerprint density at radius 3 is 2.50 bits per heavy atom. The smallest absolute Gasteiger partial charge is 0.171 e. The lowest BCUT2D eigenvalue weighted by Crippen LogP contribution is -1.90. The number of rotatable bonds is 1. The molecule has 0 atom stereocenters. The molecule has 3 rings (SSSR count). The second kappa shape index (κ2) is 4.67. The van der Waals surface area contributed by atoms with Crippen LogP contribution in [0.25, 0.3) is 21.6 Å². The highest BCUT2D eigenvalue weighted by molar-refractivity contribution is 7.19. The monoisotopic (exact) mass is 314 g/mol. The van der Waals surface area contributed by atoms with Gasteiger partial charge in [0.25, 0.3) is 0 Å². The molecule has 0 spiro atoms. The molecule has 0 aliphatic carbocycles. The number of benzene rings is 1. The van der Waals surface area contributed by atoms with Crippen molar-refractivity contribution in [3.63, 3.8) is 0 Å². The molecule has 0 aliphatic heterocycles. The van der Waals surface area contributed by atoms with Crippen LogP contribution in [0.5, 0.6) is 0 Å². The van der Waals surface area contributed by atoms with Gasteiger partial charge < -0.3 is 0 Å². The minimum absolute atomic E-state index is 0.391. The minimum atomic E-state index is 0.391. The lowest BCUT2D eigenvalue weighted by Gasteiger charge is -2.04. The third kappa shape index (κ3) is 2.08. The van der Waals surface area contributed by atoms with Crippen molar-refractivity contribution in [3.05, 3.63) is 44.8 Å². The Morgan fingerprint density at radius 1 is 0.944 bits per heavy atom. The van der Waals surface area contributed by atoms with Crippen LogP contribution in [-0.4, -0.2) is 9.97 Å². The summed E-state index contributed by atoms with van der Waals surface area (Å²) < 4.78 is 0.684. The molecule has 0 radical (unpaired) electrons. The molecule has 0 N–H and O–H groups in total. The maximum absolute atomic E-state index is 6.15. The Labute approximate surface area is 122 Å². The second-order valence-corrected chi connectivity index (χ2v) is 6.06. The van der Waals surface area contributed by atoms with Crippen molar-refractivity contribution < 1.29 is 0 Å². The number of thiophene rings is 1. The lowest BCUT2D eigenvalue weighted by atomic mass is 10.2. The van der Waals surface area contributed by atoms with Gasteiger partial charge in [0.1, 0.15) is 5.15 Å². The fourth-order valence-electron chi connectivity index (χ4n) is 1.62. The lowest BCUT2D eigenvalue weighted by molar-refractivity contribution is 1.24. The minimum Gasteiger partial charge on any atom is -0.226 e. The quantitative estimate of drug-likeness (QED) is 0.568. The number of aromatic nitrogens is 2. The van der Waals surface area contributed by atoms with Gasteiger partial charge in [0, 0.05) is 5.39 Å². The van der Waals surface area contributed by atoms with Crippen LogP contribution in [0, 0.1) is 0 Å². The first-order chi connectivity index (χ1) is 8.65. The molecule has 0 saturated heterocycles. The standard InChI is InChI=1S/C12H5Cl3N2S/c13-7-3-1-2-6-10(7)16-12(17-11(6)15)8-4-5-9(14)18-8/h1-5H. The largest absolute Gasteiger partial charge is 0.226 e. The summed E-state index contributed by atoms with van der Waals surface area (Å²) in [6.45, 7) is 0. The highest BCUT2D eigenvalue weighted by Crippen LogP contribution is 2.33. The molecule has 90 valence electrons. The Bertz CT molecular complexity index is 739. The molecule has 1 aromatic carbocycles. The van der Waals surface area contributed by atoms with Gasteiger partial charge >= 0.3 is 0 Å². The Balaban J connectivity index is 2.29. The topological polar surface area (TPSA) is 25.8 Å². The van der Waals surface area contributed by atoms with Crippen LogP contribution in [0.1, 0.15) is 0 Å². The van der Waals surface area contributed by atoms with Crippen LogP contribution in [0.15, 0.2) is 30.3 Å². The molecule has 2 aromatic heterocycles. The summed E-state index contributed by atoms with van der Waals surface area (Å²) in [6, 6.07) is 9.10. The van der Waals surface area contributed by atoms with Crippen LogP contribution < -0.4 is 0 Å². The summed E-state index contributed by atoms with van der Waals surface area (Å²) >= 11 is 19.6. The Morgan fingerprint density at radius 2 is 1.78 bits per heavy atom. The molecular weight excluding hydrogens is 311 g/mol. The van der Waals surface area contributed by atoms with E-state index in [9.17, 15) is 0 Å². The van der Waals surface area contributed by atoms with Crippen molar-refractivity contribution in [1.82, 2.24) is 9.97 Å². The summed E-state index contributed by atoms with van der Waals surface area (Å²) in [6.07, 6.45) is 0. The zero-order valence-corrected chi connectivity index (χ0v) is 11.9. The fourth-order valence-corrected chi connectivity index (χ4v) is 3.05. The van der Waals surface area contributed by atoms with Crippen LogP contribution in [0.4, 0.5) is 0 Å². The van der Waals surface area contributed by atoms with Crippen molar-refractivity contribution in [3.8, 4) is 10.7 Å². The first kappa shape index (κ1) is 12.2. The van der Waals surface area contributed by atoms with Gasteiger partial charge in [-0.25, -0.2) is 9.97 Å². The molecular formula is C12H5Cl3N2S. The zero-order chi connectivity index (χ0) is 12.7. The molecule has 0 bridgehead atoms. The molecule has 0 aliphatic rings. The zero-order valence-electron chi connectivity index (χ0n) is 8.82. The molecule has 0 amide bonds. The van der Waals surface area contributed by atoms with Crippen molar-refractivity contribution in [2.24, 2.45) is 0 Å². The summed E-state index contributed by atoms with van der Waals surface area (Å²) in [5.74, 6) is 0.539. The predicted octanol–water partition coefficient (Wildman–Crippen LogP) is 5.32. The van der Waals surface area contributed by atoms with E-state index >= 15 is 0 Å². The highest BCUT2D eigenvalue weighted by atomic mass is 35.5. The van der Waals surface area contributed by atoms with E-state index in [1.54, 1.807) is 12.1 Å². The van der Waals surface area contributed by atoms with Gasteiger partial charge in [-0.2, -0.15) is 0 Å². The van der Waals surface area contributed by atoms with Crippen LogP contribution in [0.3, 0.4) is 0 Å². The Kier molecular flexibility index (Phi) is 3.16. The van der Waals surface area contributed by atoms with Crippen molar-refractivity contribution in [2.45, 2.75) is 0 Å². The fraction of sp³-hybridized carbons (Fsp3) is 0. The van der Waals surface area contributed by atoms with Gasteiger partial charge in [0.15, 0.2) is 5.82 Å². The van der Waals surface area contributed by atoms with Gasteiger partial charge in [-0.1, -0.05) is 40.9 Å². The average Bonchev–Trinajstić information content (AvgIpc) is 2.77. The normalized spacial score (nSPS) is 11.1. The van der Waals surface area contributed by atoms with E-state index in [-0.39, 0.29) is 0 Å². The van der Waals surface area contributed by atoms with Gasteiger partial charge in [-0.05, 0) is 24.3 Å². The van der Waals surface area contributed by atoms with Gasteiger partial charge in [0.2, 0.25) is 0 Å². The molecule has 2 heterocycles. The molecule has 0 saturated carbocycles. The summed E-state index contributed by atoms with van der Waals surface area (Å²) in [4.78, 5) is 9.58. The number of para-hydroxylation sites is 1. The van der Waals surface area contributed by atoms with Crippen molar-refractivity contribution in [1.29, 1.82) is 0 Å². The highest BCUT2D eigenvalue weighted by Gasteiger charge is 2.11. The SMILES string of the molecule is Clc1ccc(-c2nc(Cl)c3cccc(Cl)c3n2)s1. The maximum Gasteiger partial charge on any atom is 0.171 e. The van der Waals surface area contributed by atoms with Crippen molar-refractivity contribution >= 4 is 57.0 Å². The van der Waals surface area contributed by atoms with E-state index in [1.807, 2.05) is 18.2 Å². The third-order valence-corrected chi connectivity index (χ3v) is 4.24. The van der Waals surface area contributed by atoms with Gasteiger partial charge in [0.05, 0.1) is 19.8 Å². The van der Waals surface area contributed by atoms with Crippen molar-refractivity contribution in [2.75, 3.05) is 0 Å². The number of hydrogen-bond acceptors (Lipinski definition) is 3. The first-order valence-electron chi connectivity index (χ1n) is 5.02. The molecule has 6 heteroatoms. The molecule has 2 nitrogen and oxygen atoms in total. The third-order valence-electron chi connectivity index (χ3n) is 2.42.